The van der Waals surface area contributed by atoms with Gasteiger partial charge in [-0.05, 0) is 62.2 Å². The predicted molar refractivity (Wildman–Crippen MR) is 158 cm³/mol. The summed E-state index contributed by atoms with van der Waals surface area (Å²) in [5, 5.41) is 0. The summed E-state index contributed by atoms with van der Waals surface area (Å²) in [4.78, 5) is 43.9. The number of thiazole rings is 1. The van der Waals surface area contributed by atoms with Crippen molar-refractivity contribution in [2.45, 2.75) is 26.8 Å². The van der Waals surface area contributed by atoms with E-state index in [2.05, 4.69) is 16.3 Å². The molecule has 2 heterocycles. The molecule has 0 amide bonds. The summed E-state index contributed by atoms with van der Waals surface area (Å²) in [6.07, 6.45) is 3.42. The molecule has 42 heavy (non-hydrogen) atoms. The van der Waals surface area contributed by atoms with Crippen molar-refractivity contribution in [3.8, 4) is 17.2 Å². The average molecular weight is 593 g/mol. The first-order valence-corrected chi connectivity index (χ1v) is 14.1. The van der Waals surface area contributed by atoms with E-state index in [-0.39, 0.29) is 24.3 Å². The molecule has 0 aliphatic carbocycles. The molecular weight excluding hydrogens is 560 g/mol. The van der Waals surface area contributed by atoms with Gasteiger partial charge < -0.3 is 23.7 Å². The fourth-order valence-electron chi connectivity index (χ4n) is 4.39. The largest absolute Gasteiger partial charge is 0.490 e. The number of fused-ring (bicyclic) bond motifs is 1. The van der Waals surface area contributed by atoms with Gasteiger partial charge in [0.2, 0.25) is 0 Å². The molecule has 0 bridgehead atoms. The second kappa shape index (κ2) is 13.8. The minimum Gasteiger partial charge on any atom is -0.490 e. The molecule has 4 rings (SSSR count). The van der Waals surface area contributed by atoms with Crippen LogP contribution in [0.1, 0.15) is 37.9 Å². The molecular formula is C31H32N2O8S. The van der Waals surface area contributed by atoms with Crippen LogP contribution in [0.2, 0.25) is 0 Å². The Hall–Kier alpha value is -4.64. The van der Waals surface area contributed by atoms with E-state index in [1.165, 1.54) is 23.0 Å². The van der Waals surface area contributed by atoms with Crippen LogP contribution in [-0.4, -0.2) is 50.0 Å². The Morgan fingerprint density at radius 2 is 1.88 bits per heavy atom. The maximum absolute atomic E-state index is 13.9. The zero-order valence-electron chi connectivity index (χ0n) is 23.9. The maximum Gasteiger partial charge on any atom is 0.343 e. The monoisotopic (exact) mass is 592 g/mol. The molecule has 0 unspecified atom stereocenters. The van der Waals surface area contributed by atoms with Gasteiger partial charge in [0.25, 0.3) is 5.56 Å². The van der Waals surface area contributed by atoms with Gasteiger partial charge in [-0.3, -0.25) is 9.36 Å². The van der Waals surface area contributed by atoms with Crippen LogP contribution in [-0.2, 0) is 19.1 Å². The number of carbonyl (C=O) groups is 2. The van der Waals surface area contributed by atoms with Crippen molar-refractivity contribution in [3.63, 3.8) is 0 Å². The van der Waals surface area contributed by atoms with E-state index in [4.69, 9.17) is 18.9 Å². The van der Waals surface area contributed by atoms with E-state index in [0.29, 0.717) is 51.1 Å². The number of methoxy groups -OCH3 is 1. The van der Waals surface area contributed by atoms with E-state index < -0.39 is 18.0 Å². The molecule has 0 saturated carbocycles. The lowest BCUT2D eigenvalue weighted by Crippen LogP contribution is -2.40. The number of hydrogen-bond acceptors (Lipinski definition) is 10. The number of carbonyl (C=O) groups excluding carboxylic acids is 2. The van der Waals surface area contributed by atoms with Crippen LogP contribution >= 0.6 is 11.3 Å². The molecule has 0 spiro atoms. The number of esters is 2. The van der Waals surface area contributed by atoms with E-state index >= 15 is 0 Å². The highest BCUT2D eigenvalue weighted by Gasteiger charge is 2.34. The zero-order chi connectivity index (χ0) is 30.2. The molecule has 11 heteroatoms. The first kappa shape index (κ1) is 30.3. The van der Waals surface area contributed by atoms with Gasteiger partial charge in [-0.15, -0.1) is 0 Å². The molecule has 1 aromatic heterocycles. The normalized spacial score (nSPS) is 14.5. The van der Waals surface area contributed by atoms with Crippen molar-refractivity contribution in [2.24, 2.45) is 4.99 Å². The molecule has 3 aromatic rings. The van der Waals surface area contributed by atoms with E-state index in [0.717, 1.165) is 5.56 Å². The molecule has 10 nitrogen and oxygen atoms in total. The Kier molecular flexibility index (Phi) is 9.98. The van der Waals surface area contributed by atoms with Gasteiger partial charge in [0, 0.05) is 0 Å². The third kappa shape index (κ3) is 6.63. The van der Waals surface area contributed by atoms with Gasteiger partial charge in [0.15, 0.2) is 22.9 Å². The SMILES string of the molecule is C=CCOc1cccc(/C=c2/sc3n(c2=O)[C@H](c2ccc(OCC(=O)OC)c(OCC)c2)C(C(=O)OCC)=C(C)N=3)c1. The fraction of sp³-hybridized carbons (Fsp3) is 0.290. The van der Waals surface area contributed by atoms with Gasteiger partial charge in [-0.2, -0.15) is 0 Å². The number of allylic oxidation sites excluding steroid dienone is 1. The quantitative estimate of drug-likeness (QED) is 0.233. The molecule has 0 saturated heterocycles. The molecule has 1 aliphatic rings. The summed E-state index contributed by atoms with van der Waals surface area (Å²) in [6, 6.07) is 11.6. The zero-order valence-corrected chi connectivity index (χ0v) is 24.7. The van der Waals surface area contributed by atoms with Crippen molar-refractivity contribution in [2.75, 3.05) is 33.5 Å². The smallest absolute Gasteiger partial charge is 0.343 e. The Bertz CT molecular complexity index is 1700. The molecule has 0 radical (unpaired) electrons. The number of rotatable bonds is 12. The van der Waals surface area contributed by atoms with Crippen molar-refractivity contribution in [3.05, 3.63) is 97.2 Å². The second-order valence-electron chi connectivity index (χ2n) is 8.98. The Morgan fingerprint density at radius 3 is 2.60 bits per heavy atom. The van der Waals surface area contributed by atoms with Crippen molar-refractivity contribution in [1.29, 1.82) is 0 Å². The average Bonchev–Trinajstić information content (AvgIpc) is 3.28. The summed E-state index contributed by atoms with van der Waals surface area (Å²) in [5.74, 6) is 0.182. The Labute approximate surface area is 246 Å². The number of ether oxygens (including phenoxy) is 5. The van der Waals surface area contributed by atoms with Crippen LogP contribution in [0.25, 0.3) is 6.08 Å². The summed E-state index contributed by atoms with van der Waals surface area (Å²) in [5.41, 5.74) is 1.70. The molecule has 2 aromatic carbocycles. The highest BCUT2D eigenvalue weighted by atomic mass is 32.1. The predicted octanol–water partition coefficient (Wildman–Crippen LogP) is 3.31. The minimum atomic E-state index is -0.849. The molecule has 1 aliphatic heterocycles. The van der Waals surface area contributed by atoms with Gasteiger partial charge in [-0.1, -0.05) is 42.2 Å². The number of benzene rings is 2. The van der Waals surface area contributed by atoms with E-state index in [1.807, 2.05) is 31.2 Å². The lowest BCUT2D eigenvalue weighted by Gasteiger charge is -2.25. The summed E-state index contributed by atoms with van der Waals surface area (Å²) in [7, 11) is 1.27. The van der Waals surface area contributed by atoms with Crippen LogP contribution < -0.4 is 29.1 Å². The van der Waals surface area contributed by atoms with Crippen molar-refractivity contribution < 1.29 is 33.3 Å². The third-order valence-corrected chi connectivity index (χ3v) is 7.18. The lowest BCUT2D eigenvalue weighted by molar-refractivity contribution is -0.143. The summed E-state index contributed by atoms with van der Waals surface area (Å²) < 4.78 is 29.0. The molecule has 1 atom stereocenters. The van der Waals surface area contributed by atoms with E-state index in [9.17, 15) is 14.4 Å². The van der Waals surface area contributed by atoms with Crippen molar-refractivity contribution in [1.82, 2.24) is 4.57 Å². The fourth-order valence-corrected chi connectivity index (χ4v) is 5.43. The van der Waals surface area contributed by atoms with Crippen LogP contribution in [0.5, 0.6) is 17.2 Å². The first-order chi connectivity index (χ1) is 20.3. The number of aromatic nitrogens is 1. The van der Waals surface area contributed by atoms with Crippen LogP contribution in [0.3, 0.4) is 0 Å². The summed E-state index contributed by atoms with van der Waals surface area (Å²) >= 11 is 1.22. The maximum atomic E-state index is 13.9. The van der Waals surface area contributed by atoms with E-state index in [1.54, 1.807) is 44.2 Å². The topological polar surface area (TPSA) is 115 Å². The molecule has 0 N–H and O–H groups in total. The summed E-state index contributed by atoms with van der Waals surface area (Å²) in [6.45, 7) is 9.43. The number of hydrogen-bond donors (Lipinski definition) is 0. The third-order valence-electron chi connectivity index (χ3n) is 6.20. The highest BCUT2D eigenvalue weighted by Crippen LogP contribution is 2.36. The second-order valence-corrected chi connectivity index (χ2v) is 9.99. The van der Waals surface area contributed by atoms with Gasteiger partial charge in [0.1, 0.15) is 12.4 Å². The standard InChI is InChI=1S/C31H32N2O8S/c1-6-14-40-22-11-9-10-20(15-22)16-25-29(35)33-28(27(30(36)39-8-3)19(4)32-31(33)42-25)21-12-13-23(24(17-21)38-7-2)41-18-26(34)37-5/h6,9-13,15-17,28H,1,7-8,14,18H2,2-5H3/b25-16+/t28-/m1/s1. The van der Waals surface area contributed by atoms with Gasteiger partial charge in [0.05, 0.1) is 42.2 Å². The first-order valence-electron chi connectivity index (χ1n) is 13.3. The minimum absolute atomic E-state index is 0.154. The van der Waals surface area contributed by atoms with Gasteiger partial charge in [-0.25, -0.2) is 14.6 Å². The highest BCUT2D eigenvalue weighted by molar-refractivity contribution is 7.07. The Balaban J connectivity index is 1.87. The molecule has 220 valence electrons. The van der Waals surface area contributed by atoms with Crippen LogP contribution in [0.4, 0.5) is 0 Å². The molecule has 0 fully saturated rings. The van der Waals surface area contributed by atoms with Crippen LogP contribution in [0, 0.1) is 0 Å². The lowest BCUT2D eigenvalue weighted by atomic mass is 9.95. The van der Waals surface area contributed by atoms with Gasteiger partial charge >= 0.3 is 11.9 Å². The van der Waals surface area contributed by atoms with Crippen LogP contribution in [0.15, 0.2) is 76.2 Å². The van der Waals surface area contributed by atoms with Crippen molar-refractivity contribution >= 4 is 29.4 Å². The Morgan fingerprint density at radius 1 is 1.07 bits per heavy atom. The number of nitrogens with zero attached hydrogens (tertiary/aromatic N) is 2.